The number of hydrogen-bond donors (Lipinski definition) is 2. The Labute approximate surface area is 163 Å². The molecule has 14 heteroatoms. The summed E-state index contributed by atoms with van der Waals surface area (Å²) in [6, 6.07) is 7.17. The van der Waals surface area contributed by atoms with Gasteiger partial charge in [-0.15, -0.1) is 0 Å². The highest BCUT2D eigenvalue weighted by Gasteiger charge is 2.30. The number of hydrogen-bond acceptors (Lipinski definition) is 6. The third-order valence-electron chi connectivity index (χ3n) is 3.55. The summed E-state index contributed by atoms with van der Waals surface area (Å²) in [6.07, 6.45) is -4.74. The second-order valence-corrected chi connectivity index (χ2v) is 9.19. The van der Waals surface area contributed by atoms with Crippen LogP contribution in [0.5, 0.6) is 0 Å². The van der Waals surface area contributed by atoms with Gasteiger partial charge in [-0.3, -0.25) is 14.8 Å². The standard InChI is InChI=1S/C15H14F3N3O6S2/c1-10-2-5-12(21(22)23)8-14(10)29(26,27)20-11-3-6-13(7-4-11)28(24,25)19-9-15(16,17)18/h2-8,19-20H,9H2,1H3. The largest absolute Gasteiger partial charge is 0.402 e. The molecule has 0 aliphatic heterocycles. The Kier molecular flexibility index (Phi) is 6.20. The quantitative estimate of drug-likeness (QED) is 0.489. The Morgan fingerprint density at radius 1 is 1.00 bits per heavy atom. The van der Waals surface area contributed by atoms with E-state index in [2.05, 4.69) is 4.72 Å². The minimum atomic E-state index is -4.74. The van der Waals surface area contributed by atoms with Gasteiger partial charge in [-0.25, -0.2) is 21.6 Å². The third-order valence-corrected chi connectivity index (χ3v) is 6.49. The summed E-state index contributed by atoms with van der Waals surface area (Å²) in [5, 5.41) is 10.9. The molecule has 0 saturated carbocycles. The first-order valence-corrected chi connectivity index (χ1v) is 10.6. The van der Waals surface area contributed by atoms with Gasteiger partial charge in [0.1, 0.15) is 6.54 Å². The van der Waals surface area contributed by atoms with Gasteiger partial charge in [-0.05, 0) is 36.8 Å². The Bertz CT molecular complexity index is 1130. The molecule has 2 aromatic carbocycles. The first kappa shape index (κ1) is 22.6. The minimum Gasteiger partial charge on any atom is -0.280 e. The highest BCUT2D eigenvalue weighted by molar-refractivity contribution is 7.92. The van der Waals surface area contributed by atoms with E-state index < -0.39 is 48.3 Å². The Hall–Kier alpha value is -2.71. The molecule has 0 atom stereocenters. The number of aryl methyl sites for hydroxylation is 1. The monoisotopic (exact) mass is 453 g/mol. The molecule has 0 aromatic heterocycles. The molecule has 0 unspecified atom stereocenters. The Balaban J connectivity index is 2.25. The van der Waals surface area contributed by atoms with Crippen LogP contribution in [0.4, 0.5) is 24.5 Å². The fourth-order valence-electron chi connectivity index (χ4n) is 2.16. The number of benzene rings is 2. The van der Waals surface area contributed by atoms with Crippen molar-refractivity contribution in [2.24, 2.45) is 0 Å². The molecule has 0 heterocycles. The SMILES string of the molecule is Cc1ccc([N+](=O)[O-])cc1S(=O)(=O)Nc1ccc(S(=O)(=O)NCC(F)(F)F)cc1. The molecule has 0 bridgehead atoms. The van der Waals surface area contributed by atoms with Gasteiger partial charge in [-0.1, -0.05) is 6.07 Å². The molecule has 0 amide bonds. The number of halogens is 3. The van der Waals surface area contributed by atoms with Crippen LogP contribution in [0.3, 0.4) is 0 Å². The molecule has 0 saturated heterocycles. The van der Waals surface area contributed by atoms with Crippen LogP contribution in [-0.4, -0.2) is 34.5 Å². The number of nitrogens with zero attached hydrogens (tertiary/aromatic N) is 1. The predicted molar refractivity (Wildman–Crippen MR) is 96.3 cm³/mol. The van der Waals surface area contributed by atoms with Crippen LogP contribution in [-0.2, 0) is 20.0 Å². The molecule has 158 valence electrons. The van der Waals surface area contributed by atoms with Gasteiger partial charge >= 0.3 is 6.18 Å². The van der Waals surface area contributed by atoms with Gasteiger partial charge in [0, 0.05) is 17.8 Å². The molecule has 0 spiro atoms. The topological polar surface area (TPSA) is 135 Å². The van der Waals surface area contributed by atoms with E-state index in [9.17, 15) is 40.1 Å². The highest BCUT2D eigenvalue weighted by atomic mass is 32.2. The number of sulfonamides is 2. The lowest BCUT2D eigenvalue weighted by atomic mass is 10.2. The van der Waals surface area contributed by atoms with Crippen molar-refractivity contribution < 1.29 is 34.9 Å². The number of nitro benzene ring substituents is 1. The van der Waals surface area contributed by atoms with Crippen molar-refractivity contribution in [2.75, 3.05) is 11.3 Å². The molecule has 2 aromatic rings. The van der Waals surface area contributed by atoms with Crippen molar-refractivity contribution in [2.45, 2.75) is 22.9 Å². The van der Waals surface area contributed by atoms with Gasteiger partial charge < -0.3 is 0 Å². The number of nitro groups is 1. The summed E-state index contributed by atoms with van der Waals surface area (Å²) in [4.78, 5) is 9.24. The summed E-state index contributed by atoms with van der Waals surface area (Å²) >= 11 is 0. The summed E-state index contributed by atoms with van der Waals surface area (Å²) in [6.45, 7) is -0.323. The van der Waals surface area contributed by atoms with E-state index in [0.29, 0.717) is 0 Å². The van der Waals surface area contributed by atoms with Crippen molar-refractivity contribution in [3.05, 3.63) is 58.1 Å². The van der Waals surface area contributed by atoms with E-state index in [1.807, 2.05) is 0 Å². The number of rotatable bonds is 7. The zero-order chi connectivity index (χ0) is 22.0. The Morgan fingerprint density at radius 3 is 2.10 bits per heavy atom. The third kappa shape index (κ3) is 5.88. The van der Waals surface area contributed by atoms with Crippen molar-refractivity contribution >= 4 is 31.4 Å². The summed E-state index contributed by atoms with van der Waals surface area (Å²) in [5.41, 5.74) is -0.294. The molecule has 0 radical (unpaired) electrons. The molecule has 2 rings (SSSR count). The van der Waals surface area contributed by atoms with Gasteiger partial charge in [0.2, 0.25) is 10.0 Å². The smallest absolute Gasteiger partial charge is 0.280 e. The van der Waals surface area contributed by atoms with Gasteiger partial charge in [0.05, 0.1) is 14.7 Å². The molecule has 29 heavy (non-hydrogen) atoms. The molecule has 0 aliphatic rings. The summed E-state index contributed by atoms with van der Waals surface area (Å²) in [5.74, 6) is 0. The van der Waals surface area contributed by atoms with Crippen LogP contribution in [0.25, 0.3) is 0 Å². The molecule has 2 N–H and O–H groups in total. The maximum absolute atomic E-state index is 12.5. The van der Waals surface area contributed by atoms with Crippen LogP contribution >= 0.6 is 0 Å². The number of nitrogens with one attached hydrogen (secondary N) is 2. The lowest BCUT2D eigenvalue weighted by Gasteiger charge is -2.12. The maximum Gasteiger partial charge on any atom is 0.402 e. The molecular weight excluding hydrogens is 439 g/mol. The van der Waals surface area contributed by atoms with Crippen molar-refractivity contribution in [1.82, 2.24) is 4.72 Å². The van der Waals surface area contributed by atoms with Gasteiger partial charge in [-0.2, -0.15) is 13.2 Å². The van der Waals surface area contributed by atoms with Crippen molar-refractivity contribution in [3.8, 4) is 0 Å². The van der Waals surface area contributed by atoms with Crippen LogP contribution in [0, 0.1) is 17.0 Å². The fourth-order valence-corrected chi connectivity index (χ4v) is 4.50. The lowest BCUT2D eigenvalue weighted by Crippen LogP contribution is -2.33. The first-order valence-electron chi connectivity index (χ1n) is 7.66. The second-order valence-electron chi connectivity index (χ2n) is 5.78. The van der Waals surface area contributed by atoms with E-state index in [4.69, 9.17) is 0 Å². The van der Waals surface area contributed by atoms with E-state index in [1.54, 1.807) is 0 Å². The minimum absolute atomic E-state index is 0.0920. The fraction of sp³-hybridized carbons (Fsp3) is 0.200. The van der Waals surface area contributed by atoms with Crippen LogP contribution in [0.15, 0.2) is 52.3 Å². The van der Waals surface area contributed by atoms with Crippen LogP contribution in [0.1, 0.15) is 5.56 Å². The Morgan fingerprint density at radius 2 is 1.59 bits per heavy atom. The average molecular weight is 453 g/mol. The predicted octanol–water partition coefficient (Wildman–Crippen LogP) is 2.54. The average Bonchev–Trinajstić information content (AvgIpc) is 2.59. The molecule has 0 fully saturated rings. The van der Waals surface area contributed by atoms with Gasteiger partial charge in [0.25, 0.3) is 15.7 Å². The van der Waals surface area contributed by atoms with Crippen molar-refractivity contribution in [3.63, 3.8) is 0 Å². The molecular formula is C15H14F3N3O6S2. The van der Waals surface area contributed by atoms with E-state index in [-0.39, 0.29) is 16.1 Å². The van der Waals surface area contributed by atoms with Gasteiger partial charge in [0.15, 0.2) is 0 Å². The number of alkyl halides is 3. The van der Waals surface area contributed by atoms with E-state index in [0.717, 1.165) is 36.4 Å². The second kappa shape index (κ2) is 7.96. The zero-order valence-electron chi connectivity index (χ0n) is 14.6. The van der Waals surface area contributed by atoms with Crippen LogP contribution < -0.4 is 9.44 Å². The zero-order valence-corrected chi connectivity index (χ0v) is 16.2. The molecule has 9 nitrogen and oxygen atoms in total. The number of non-ortho nitro benzene ring substituents is 1. The van der Waals surface area contributed by atoms with Crippen molar-refractivity contribution in [1.29, 1.82) is 0 Å². The lowest BCUT2D eigenvalue weighted by molar-refractivity contribution is -0.385. The number of anilines is 1. The first-order chi connectivity index (χ1) is 13.2. The summed E-state index contributed by atoms with van der Waals surface area (Å²) in [7, 11) is -8.70. The maximum atomic E-state index is 12.5. The van der Waals surface area contributed by atoms with E-state index >= 15 is 0 Å². The normalized spacial score (nSPS) is 12.6. The van der Waals surface area contributed by atoms with E-state index in [1.165, 1.54) is 17.7 Å². The van der Waals surface area contributed by atoms with Crippen LogP contribution in [0.2, 0.25) is 0 Å². The summed E-state index contributed by atoms with van der Waals surface area (Å²) < 4.78 is 88.7. The highest BCUT2D eigenvalue weighted by Crippen LogP contribution is 2.25. The molecule has 0 aliphatic carbocycles.